The van der Waals surface area contributed by atoms with Crippen LogP contribution in [0.4, 0.5) is 0 Å². The first-order valence-corrected chi connectivity index (χ1v) is 2.32. The molecule has 0 saturated carbocycles. The second-order valence-corrected chi connectivity index (χ2v) is 0.983. The quantitative estimate of drug-likeness (QED) is 0.464. The number of carbonyl (C=O) groups is 2. The molecule has 0 saturated heterocycles. The first kappa shape index (κ1) is 31.2. The van der Waals surface area contributed by atoms with E-state index in [1.807, 2.05) is 0 Å². The molecule has 0 amide bonds. The van der Waals surface area contributed by atoms with Gasteiger partial charge in [0, 0.05) is 11.9 Å². The third-order valence-electron chi connectivity index (χ3n) is 0. The Morgan fingerprint density at radius 3 is 0.917 bits per heavy atom. The lowest BCUT2D eigenvalue weighted by Crippen LogP contribution is -2.16. The van der Waals surface area contributed by atoms with Gasteiger partial charge in [0.25, 0.3) is 0 Å². The van der Waals surface area contributed by atoms with E-state index in [0.29, 0.717) is 0 Å². The average molecular weight is 182 g/mol. The van der Waals surface area contributed by atoms with Gasteiger partial charge in [0.2, 0.25) is 0 Å². The third-order valence-corrected chi connectivity index (χ3v) is 0. The van der Waals surface area contributed by atoms with Crippen molar-refractivity contribution in [2.45, 2.75) is 13.8 Å². The predicted octanol–water partition coefficient (Wildman–Crippen LogP) is -0.933. The fourth-order valence-corrected chi connectivity index (χ4v) is 0. The molecule has 0 aromatic heterocycles. The van der Waals surface area contributed by atoms with Crippen molar-refractivity contribution in [1.82, 2.24) is 12.3 Å². The maximum atomic E-state index is 8.89. The van der Waals surface area contributed by atoms with E-state index in [4.69, 9.17) is 19.8 Å². The molecular formula is C6H18N2O4. The van der Waals surface area contributed by atoms with Gasteiger partial charge in [-0.15, -0.1) is 13.2 Å². The first-order valence-electron chi connectivity index (χ1n) is 2.32. The van der Waals surface area contributed by atoms with Gasteiger partial charge in [-0.05, 0) is 13.8 Å². The van der Waals surface area contributed by atoms with Crippen LogP contribution in [0.25, 0.3) is 0 Å². The SMILES string of the molecule is C=C.CC(=O)[O-].CC(=O)[O-].[NH4+].[NH4+]. The van der Waals surface area contributed by atoms with Crippen molar-refractivity contribution in [3.8, 4) is 0 Å². The summed E-state index contributed by atoms with van der Waals surface area (Å²) in [5, 5.41) is 17.8. The number of carboxylic acid groups (broad SMARTS) is 2. The zero-order chi connectivity index (χ0) is 9.15. The topological polar surface area (TPSA) is 153 Å². The summed E-state index contributed by atoms with van der Waals surface area (Å²) in [6.07, 6.45) is 0. The monoisotopic (exact) mass is 182 g/mol. The number of carbonyl (C=O) groups excluding carboxylic acids is 2. The van der Waals surface area contributed by atoms with Gasteiger partial charge in [0.15, 0.2) is 0 Å². The third kappa shape index (κ3) is 253. The lowest BCUT2D eigenvalue weighted by atomic mass is 10.9. The zero-order valence-electron chi connectivity index (χ0n) is 8.05. The highest BCUT2D eigenvalue weighted by molar-refractivity contribution is 5.60. The summed E-state index contributed by atoms with van der Waals surface area (Å²) in [4.78, 5) is 17.8. The second-order valence-electron chi connectivity index (χ2n) is 0.983. The smallest absolute Gasteiger partial charge is 0.0383 e. The van der Waals surface area contributed by atoms with Crippen LogP contribution < -0.4 is 22.5 Å². The molecule has 0 heterocycles. The van der Waals surface area contributed by atoms with E-state index in [1.54, 1.807) is 0 Å². The molecule has 0 aliphatic heterocycles. The van der Waals surface area contributed by atoms with E-state index < -0.39 is 11.9 Å². The number of rotatable bonds is 0. The summed E-state index contributed by atoms with van der Waals surface area (Å²) in [7, 11) is 0. The molecule has 12 heavy (non-hydrogen) atoms. The van der Waals surface area contributed by atoms with E-state index in [-0.39, 0.29) is 12.3 Å². The van der Waals surface area contributed by atoms with Crippen LogP contribution in [0, 0.1) is 0 Å². The number of quaternary nitrogens is 2. The summed E-state index contributed by atoms with van der Waals surface area (Å²) in [5.41, 5.74) is 0. The molecule has 0 atom stereocenters. The van der Waals surface area contributed by atoms with Crippen molar-refractivity contribution in [2.75, 3.05) is 0 Å². The highest BCUT2D eigenvalue weighted by Gasteiger charge is 1.46. The standard InChI is InChI=1S/2C2H4O2.C2H4.2H3N/c2*1-2(3)4;1-2;;/h2*1H3,(H,3,4);1-2H2;2*1H3. The molecule has 0 aliphatic carbocycles. The van der Waals surface area contributed by atoms with E-state index in [1.165, 1.54) is 0 Å². The Kier molecular flexibility index (Phi) is 87.1. The molecule has 0 rings (SSSR count). The van der Waals surface area contributed by atoms with E-state index in [9.17, 15) is 0 Å². The van der Waals surface area contributed by atoms with Gasteiger partial charge in [-0.2, -0.15) is 0 Å². The predicted molar refractivity (Wildman–Crippen MR) is 44.6 cm³/mol. The Hall–Kier alpha value is -1.40. The van der Waals surface area contributed by atoms with Gasteiger partial charge in [0.05, 0.1) is 0 Å². The molecule has 0 aromatic carbocycles. The molecule has 6 heteroatoms. The van der Waals surface area contributed by atoms with Crippen LogP contribution in [0.5, 0.6) is 0 Å². The van der Waals surface area contributed by atoms with Crippen molar-refractivity contribution in [3.05, 3.63) is 13.2 Å². The fraction of sp³-hybridized carbons (Fsp3) is 0.333. The van der Waals surface area contributed by atoms with E-state index in [2.05, 4.69) is 13.2 Å². The molecule has 8 N–H and O–H groups in total. The maximum Gasteiger partial charge on any atom is 0.0383 e. The molecule has 0 aliphatic rings. The summed E-state index contributed by atoms with van der Waals surface area (Å²) >= 11 is 0. The summed E-state index contributed by atoms with van der Waals surface area (Å²) < 4.78 is 0. The number of carboxylic acids is 2. The van der Waals surface area contributed by atoms with Gasteiger partial charge in [-0.1, -0.05) is 0 Å². The Labute approximate surface area is 72.1 Å². The molecule has 0 aromatic rings. The highest BCUT2D eigenvalue weighted by Crippen LogP contribution is 1.31. The molecule has 0 unspecified atom stereocenters. The molecule has 0 radical (unpaired) electrons. The van der Waals surface area contributed by atoms with Crippen LogP contribution >= 0.6 is 0 Å². The zero-order valence-corrected chi connectivity index (χ0v) is 8.05. The minimum atomic E-state index is -1.08. The lowest BCUT2D eigenvalue weighted by Gasteiger charge is -1.77. The molecule has 0 spiro atoms. The normalized spacial score (nSPS) is 4.50. The maximum absolute atomic E-state index is 8.89. The van der Waals surface area contributed by atoms with Crippen LogP contribution in [-0.4, -0.2) is 11.9 Å². The van der Waals surface area contributed by atoms with Gasteiger partial charge >= 0.3 is 0 Å². The van der Waals surface area contributed by atoms with E-state index in [0.717, 1.165) is 13.8 Å². The number of aliphatic carboxylic acids is 2. The molecule has 76 valence electrons. The fourth-order valence-electron chi connectivity index (χ4n) is 0. The van der Waals surface area contributed by atoms with Crippen molar-refractivity contribution < 1.29 is 19.8 Å². The largest absolute Gasteiger partial charge is 0.550 e. The number of hydrogen-bond donors (Lipinski definition) is 2. The van der Waals surface area contributed by atoms with E-state index >= 15 is 0 Å². The van der Waals surface area contributed by atoms with Crippen LogP contribution in [0.15, 0.2) is 13.2 Å². The van der Waals surface area contributed by atoms with Gasteiger partial charge in [0.1, 0.15) is 0 Å². The minimum Gasteiger partial charge on any atom is -0.550 e. The summed E-state index contributed by atoms with van der Waals surface area (Å²) in [5.74, 6) is -2.17. The van der Waals surface area contributed by atoms with Gasteiger partial charge in [-0.3, -0.25) is 0 Å². The van der Waals surface area contributed by atoms with Gasteiger partial charge in [-0.25, -0.2) is 0 Å². The second kappa shape index (κ2) is 33.6. The Morgan fingerprint density at radius 1 is 0.917 bits per heavy atom. The lowest BCUT2D eigenvalue weighted by molar-refractivity contribution is -0.303. The van der Waals surface area contributed by atoms with Crippen LogP contribution in [0.2, 0.25) is 0 Å². The first-order chi connectivity index (χ1) is 4.46. The van der Waals surface area contributed by atoms with Crippen molar-refractivity contribution >= 4 is 11.9 Å². The minimum absolute atomic E-state index is 0. The van der Waals surface area contributed by atoms with Crippen LogP contribution in [0.1, 0.15) is 13.8 Å². The van der Waals surface area contributed by atoms with Gasteiger partial charge < -0.3 is 32.1 Å². The Bertz CT molecular complexity index is 85.7. The average Bonchev–Trinajstić information content (AvgIpc) is 1.66. The van der Waals surface area contributed by atoms with Crippen molar-refractivity contribution in [2.24, 2.45) is 0 Å². The molecule has 0 fully saturated rings. The summed E-state index contributed by atoms with van der Waals surface area (Å²) in [6, 6.07) is 0. The summed E-state index contributed by atoms with van der Waals surface area (Å²) in [6.45, 7) is 7.94. The molecular weight excluding hydrogens is 164 g/mol. The van der Waals surface area contributed by atoms with Crippen molar-refractivity contribution in [1.29, 1.82) is 0 Å². The van der Waals surface area contributed by atoms with Crippen LogP contribution in [-0.2, 0) is 9.59 Å². The van der Waals surface area contributed by atoms with Crippen molar-refractivity contribution in [3.63, 3.8) is 0 Å². The number of hydrogen-bond acceptors (Lipinski definition) is 4. The molecule has 0 bridgehead atoms. The van der Waals surface area contributed by atoms with Crippen LogP contribution in [0.3, 0.4) is 0 Å². The Balaban J connectivity index is -0.0000000198. The highest BCUT2D eigenvalue weighted by atomic mass is 16.4. The molecule has 6 nitrogen and oxygen atoms in total. The Morgan fingerprint density at radius 2 is 0.917 bits per heavy atom.